The molecule has 1 saturated carbocycles. The summed E-state index contributed by atoms with van der Waals surface area (Å²) in [7, 11) is 0. The van der Waals surface area contributed by atoms with Gasteiger partial charge in [0.25, 0.3) is 5.91 Å². The number of piperidine rings is 1. The van der Waals surface area contributed by atoms with Gasteiger partial charge in [-0.15, -0.1) is 0 Å². The van der Waals surface area contributed by atoms with Crippen LogP contribution in [0, 0.1) is 17.2 Å². The molecule has 3 heterocycles. The molecule has 3 aromatic rings. The number of hydrogen-bond donors (Lipinski definition) is 0. The Bertz CT molecular complexity index is 1190. The van der Waals surface area contributed by atoms with Crippen molar-refractivity contribution in [2.45, 2.75) is 38.5 Å². The lowest BCUT2D eigenvalue weighted by atomic mass is 9.55. The normalized spacial score (nSPS) is 22.1. The van der Waals surface area contributed by atoms with Gasteiger partial charge in [0, 0.05) is 30.9 Å². The van der Waals surface area contributed by atoms with Crippen LogP contribution in [0.4, 0.5) is 4.39 Å². The minimum atomic E-state index is -0.211. The number of amides is 1. The number of allylic oxidation sites excluding steroid dienone is 1. The van der Waals surface area contributed by atoms with Crippen molar-refractivity contribution in [3.05, 3.63) is 90.3 Å². The Balaban J connectivity index is 1.40. The first-order chi connectivity index (χ1) is 16.5. The predicted molar refractivity (Wildman–Crippen MR) is 130 cm³/mol. The van der Waals surface area contributed by atoms with E-state index in [9.17, 15) is 9.18 Å². The Hall–Kier alpha value is -3.41. The van der Waals surface area contributed by atoms with Crippen molar-refractivity contribution in [3.63, 3.8) is 0 Å². The number of benzene rings is 1. The standard InChI is InChI=1S/C28H29FN4O/c1-19-5-10-24(21-6-8-22(29)9-7-21)28(20(19)2)12-16-33(17-13-28)27(34)23-4-3-14-31-26(23)25-11-15-30-18-32-25/h3-4,6-9,11,14-15,18-19,24H,2,5,10,12-13,16-17H2,1H3/t19?,24-/m0/s1. The fourth-order valence-corrected chi connectivity index (χ4v) is 5.92. The second kappa shape index (κ2) is 9.09. The van der Waals surface area contributed by atoms with Gasteiger partial charge in [0.05, 0.1) is 11.3 Å². The first-order valence-electron chi connectivity index (χ1n) is 11.9. The quantitative estimate of drug-likeness (QED) is 0.477. The molecule has 1 aliphatic carbocycles. The summed E-state index contributed by atoms with van der Waals surface area (Å²) in [6.45, 7) is 8.11. The van der Waals surface area contributed by atoms with Crippen molar-refractivity contribution in [3.8, 4) is 11.4 Å². The van der Waals surface area contributed by atoms with E-state index >= 15 is 0 Å². The van der Waals surface area contributed by atoms with E-state index in [-0.39, 0.29) is 17.1 Å². The van der Waals surface area contributed by atoms with Crippen LogP contribution in [0.5, 0.6) is 0 Å². The molecule has 2 fully saturated rings. The van der Waals surface area contributed by atoms with Gasteiger partial charge in [-0.1, -0.05) is 31.2 Å². The average molecular weight is 457 g/mol. The van der Waals surface area contributed by atoms with Gasteiger partial charge in [0.15, 0.2) is 0 Å². The molecule has 1 unspecified atom stereocenters. The molecule has 1 aliphatic heterocycles. The molecule has 0 radical (unpaired) electrons. The Morgan fingerprint density at radius 1 is 1.06 bits per heavy atom. The number of carbonyl (C=O) groups excluding carboxylic acids is 1. The van der Waals surface area contributed by atoms with E-state index in [4.69, 9.17) is 0 Å². The Labute approximate surface area is 199 Å². The topological polar surface area (TPSA) is 59.0 Å². The van der Waals surface area contributed by atoms with Gasteiger partial charge in [0.1, 0.15) is 17.8 Å². The number of aromatic nitrogens is 3. The molecule has 174 valence electrons. The summed E-state index contributed by atoms with van der Waals surface area (Å²) in [5, 5.41) is 0. The summed E-state index contributed by atoms with van der Waals surface area (Å²) in [5.41, 5.74) is 4.16. The zero-order valence-corrected chi connectivity index (χ0v) is 19.5. The predicted octanol–water partition coefficient (Wildman–Crippen LogP) is 5.67. The lowest BCUT2D eigenvalue weighted by molar-refractivity contribution is 0.0517. The number of likely N-dealkylation sites (tertiary alicyclic amines) is 1. The largest absolute Gasteiger partial charge is 0.339 e. The highest BCUT2D eigenvalue weighted by atomic mass is 19.1. The smallest absolute Gasteiger partial charge is 0.256 e. The molecule has 0 N–H and O–H groups in total. The SMILES string of the molecule is C=C1C(C)CC[C@@H](c2ccc(F)cc2)C12CCN(C(=O)c1cccnc1-c1ccncn1)CC2. The molecule has 2 aliphatic rings. The van der Waals surface area contributed by atoms with Gasteiger partial charge >= 0.3 is 0 Å². The van der Waals surface area contributed by atoms with Crippen molar-refractivity contribution >= 4 is 5.91 Å². The van der Waals surface area contributed by atoms with Gasteiger partial charge in [-0.05, 0) is 73.4 Å². The summed E-state index contributed by atoms with van der Waals surface area (Å²) in [6.07, 6.45) is 8.65. The molecule has 6 heteroatoms. The third-order valence-corrected chi connectivity index (χ3v) is 7.87. The van der Waals surface area contributed by atoms with Crippen molar-refractivity contribution in [2.24, 2.45) is 11.3 Å². The molecule has 2 atom stereocenters. The van der Waals surface area contributed by atoms with Crippen LogP contribution in [0.2, 0.25) is 0 Å². The molecule has 1 spiro atoms. The van der Waals surface area contributed by atoms with Gasteiger partial charge in [-0.3, -0.25) is 9.78 Å². The molecular formula is C28H29FN4O. The number of halogens is 1. The van der Waals surface area contributed by atoms with Crippen LogP contribution >= 0.6 is 0 Å². The fourth-order valence-electron chi connectivity index (χ4n) is 5.92. The van der Waals surface area contributed by atoms with Gasteiger partial charge < -0.3 is 4.90 Å². The third-order valence-electron chi connectivity index (χ3n) is 7.87. The molecule has 34 heavy (non-hydrogen) atoms. The third kappa shape index (κ3) is 3.91. The van der Waals surface area contributed by atoms with Gasteiger partial charge in [-0.2, -0.15) is 0 Å². The van der Waals surface area contributed by atoms with Crippen molar-refractivity contribution in [2.75, 3.05) is 13.1 Å². The van der Waals surface area contributed by atoms with Crippen LogP contribution in [0.25, 0.3) is 11.4 Å². The highest BCUT2D eigenvalue weighted by Gasteiger charge is 2.48. The minimum Gasteiger partial charge on any atom is -0.339 e. The van der Waals surface area contributed by atoms with Crippen LogP contribution in [0.1, 0.15) is 54.4 Å². The number of nitrogens with zero attached hydrogens (tertiary/aromatic N) is 4. The molecule has 1 aromatic carbocycles. The first kappa shape index (κ1) is 22.4. The van der Waals surface area contributed by atoms with E-state index in [1.165, 1.54) is 17.5 Å². The van der Waals surface area contributed by atoms with Crippen LogP contribution < -0.4 is 0 Å². The van der Waals surface area contributed by atoms with Crippen LogP contribution in [0.3, 0.4) is 0 Å². The van der Waals surface area contributed by atoms with E-state index in [1.54, 1.807) is 36.7 Å². The average Bonchev–Trinajstić information content (AvgIpc) is 2.89. The fraction of sp³-hybridized carbons (Fsp3) is 0.357. The minimum absolute atomic E-state index is 0.0237. The molecule has 5 rings (SSSR count). The maximum atomic E-state index is 13.6. The second-order valence-electron chi connectivity index (χ2n) is 9.55. The number of carbonyl (C=O) groups is 1. The van der Waals surface area contributed by atoms with Crippen LogP contribution in [0.15, 0.2) is 73.3 Å². The number of pyridine rings is 1. The number of hydrogen-bond acceptors (Lipinski definition) is 4. The van der Waals surface area contributed by atoms with Crippen LogP contribution in [-0.2, 0) is 0 Å². The molecule has 0 bridgehead atoms. The molecular weight excluding hydrogens is 427 g/mol. The van der Waals surface area contributed by atoms with E-state index in [0.29, 0.717) is 41.9 Å². The summed E-state index contributed by atoms with van der Waals surface area (Å²) in [5.74, 6) is 0.507. The Morgan fingerprint density at radius 3 is 2.53 bits per heavy atom. The number of rotatable bonds is 3. The van der Waals surface area contributed by atoms with Crippen molar-refractivity contribution in [1.82, 2.24) is 19.9 Å². The van der Waals surface area contributed by atoms with Crippen LogP contribution in [-0.4, -0.2) is 38.8 Å². The maximum Gasteiger partial charge on any atom is 0.256 e. The molecule has 1 amide bonds. The lowest BCUT2D eigenvalue weighted by Gasteiger charge is -2.52. The van der Waals surface area contributed by atoms with E-state index in [0.717, 1.165) is 25.7 Å². The molecule has 2 aromatic heterocycles. The highest BCUT2D eigenvalue weighted by molar-refractivity contribution is 5.99. The Kier molecular flexibility index (Phi) is 5.98. The highest BCUT2D eigenvalue weighted by Crippen LogP contribution is 2.57. The summed E-state index contributed by atoms with van der Waals surface area (Å²) < 4.78 is 13.6. The Morgan fingerprint density at radius 2 is 1.82 bits per heavy atom. The van der Waals surface area contributed by atoms with Gasteiger partial charge in [0.2, 0.25) is 0 Å². The summed E-state index contributed by atoms with van der Waals surface area (Å²) in [6, 6.07) is 12.3. The van der Waals surface area contributed by atoms with Gasteiger partial charge in [-0.25, -0.2) is 14.4 Å². The van der Waals surface area contributed by atoms with E-state index in [2.05, 4.69) is 28.5 Å². The lowest BCUT2D eigenvalue weighted by Crippen LogP contribution is -2.48. The zero-order chi connectivity index (χ0) is 23.7. The van der Waals surface area contributed by atoms with E-state index in [1.807, 2.05) is 23.1 Å². The van der Waals surface area contributed by atoms with E-state index < -0.39 is 0 Å². The zero-order valence-electron chi connectivity index (χ0n) is 19.5. The first-order valence-corrected chi connectivity index (χ1v) is 11.9. The second-order valence-corrected chi connectivity index (χ2v) is 9.55. The molecule has 1 saturated heterocycles. The van der Waals surface area contributed by atoms with Crippen molar-refractivity contribution < 1.29 is 9.18 Å². The maximum absolute atomic E-state index is 13.6. The summed E-state index contributed by atoms with van der Waals surface area (Å²) >= 11 is 0. The van der Waals surface area contributed by atoms with Crippen molar-refractivity contribution in [1.29, 1.82) is 0 Å². The summed E-state index contributed by atoms with van der Waals surface area (Å²) in [4.78, 5) is 28.2. The monoisotopic (exact) mass is 456 g/mol. The molecule has 5 nitrogen and oxygen atoms in total.